The van der Waals surface area contributed by atoms with Crippen molar-refractivity contribution in [2.45, 2.75) is 44.6 Å². The van der Waals surface area contributed by atoms with E-state index in [-0.39, 0.29) is 24.4 Å². The molecule has 7 heteroatoms. The summed E-state index contributed by atoms with van der Waals surface area (Å²) in [5.41, 5.74) is 3.56. The molecule has 1 saturated carbocycles. The van der Waals surface area contributed by atoms with Crippen LogP contribution < -0.4 is 5.32 Å². The van der Waals surface area contributed by atoms with Crippen molar-refractivity contribution in [1.82, 2.24) is 25.1 Å². The molecule has 0 saturated heterocycles. The van der Waals surface area contributed by atoms with Crippen LogP contribution in [0.2, 0.25) is 0 Å². The zero-order valence-corrected chi connectivity index (χ0v) is 15.8. The van der Waals surface area contributed by atoms with E-state index < -0.39 is 0 Å². The number of para-hydroxylation sites is 2. The second kappa shape index (κ2) is 7.50. The average Bonchev–Trinajstić information content (AvgIpc) is 3.18. The number of carbonyl (C=O) groups is 1. The number of H-pyrrole nitrogens is 1. The summed E-state index contributed by atoms with van der Waals surface area (Å²) in [5, 5.41) is 7.43. The maximum atomic E-state index is 12.5. The van der Waals surface area contributed by atoms with E-state index in [4.69, 9.17) is 4.98 Å². The van der Waals surface area contributed by atoms with Gasteiger partial charge in [0.15, 0.2) is 0 Å². The first-order chi connectivity index (χ1) is 12.1. The maximum absolute atomic E-state index is 12.5. The molecule has 1 aliphatic rings. The van der Waals surface area contributed by atoms with E-state index in [1.807, 2.05) is 31.2 Å². The van der Waals surface area contributed by atoms with Gasteiger partial charge < -0.3 is 10.3 Å². The summed E-state index contributed by atoms with van der Waals surface area (Å²) in [5.74, 6) is 1.36. The first-order valence-corrected chi connectivity index (χ1v) is 8.86. The zero-order valence-electron chi connectivity index (χ0n) is 15.0. The molecule has 2 atom stereocenters. The van der Waals surface area contributed by atoms with Crippen LogP contribution in [-0.2, 0) is 7.05 Å². The molecule has 4 rings (SSSR count). The number of fused-ring (bicyclic) bond motifs is 1. The normalized spacial score (nSPS) is 19.9. The van der Waals surface area contributed by atoms with Gasteiger partial charge in [0, 0.05) is 19.0 Å². The van der Waals surface area contributed by atoms with Crippen LogP contribution in [0.1, 0.15) is 53.6 Å². The van der Waals surface area contributed by atoms with Gasteiger partial charge in [0.25, 0.3) is 5.91 Å². The Morgan fingerprint density at radius 2 is 2.12 bits per heavy atom. The van der Waals surface area contributed by atoms with Gasteiger partial charge in [-0.05, 0) is 44.4 Å². The highest BCUT2D eigenvalue weighted by atomic mass is 35.5. The summed E-state index contributed by atoms with van der Waals surface area (Å²) >= 11 is 0. The third-order valence-electron chi connectivity index (χ3n) is 5.04. The smallest absolute Gasteiger partial charge is 0.269 e. The highest BCUT2D eigenvalue weighted by Gasteiger charge is 2.27. The van der Waals surface area contributed by atoms with Gasteiger partial charge >= 0.3 is 0 Å². The second-order valence-electron chi connectivity index (χ2n) is 6.97. The summed E-state index contributed by atoms with van der Waals surface area (Å²) in [4.78, 5) is 20.7. The van der Waals surface area contributed by atoms with Gasteiger partial charge in [-0.25, -0.2) is 4.98 Å². The van der Waals surface area contributed by atoms with Gasteiger partial charge in [-0.1, -0.05) is 18.6 Å². The third kappa shape index (κ3) is 3.60. The molecule has 2 aromatic heterocycles. The van der Waals surface area contributed by atoms with Crippen molar-refractivity contribution >= 4 is 29.3 Å². The lowest BCUT2D eigenvalue weighted by Crippen LogP contribution is -2.38. The van der Waals surface area contributed by atoms with E-state index in [1.165, 1.54) is 0 Å². The highest BCUT2D eigenvalue weighted by molar-refractivity contribution is 5.92. The minimum Gasteiger partial charge on any atom is -0.348 e. The fraction of sp³-hybridized carbons (Fsp3) is 0.421. The summed E-state index contributed by atoms with van der Waals surface area (Å²) in [6.45, 7) is 1.90. The highest BCUT2D eigenvalue weighted by Crippen LogP contribution is 2.32. The fourth-order valence-electron chi connectivity index (χ4n) is 3.82. The third-order valence-corrected chi connectivity index (χ3v) is 5.04. The van der Waals surface area contributed by atoms with E-state index in [0.717, 1.165) is 48.2 Å². The van der Waals surface area contributed by atoms with E-state index in [2.05, 4.69) is 21.5 Å². The molecule has 0 unspecified atom stereocenters. The number of halogens is 1. The monoisotopic (exact) mass is 373 g/mol. The zero-order chi connectivity index (χ0) is 17.4. The fourth-order valence-corrected chi connectivity index (χ4v) is 3.82. The number of imidazole rings is 1. The van der Waals surface area contributed by atoms with Gasteiger partial charge in [0.2, 0.25) is 0 Å². The van der Waals surface area contributed by atoms with E-state index in [1.54, 1.807) is 11.7 Å². The predicted molar refractivity (Wildman–Crippen MR) is 104 cm³/mol. The Labute approximate surface area is 158 Å². The molecular weight excluding hydrogens is 350 g/mol. The summed E-state index contributed by atoms with van der Waals surface area (Å²) < 4.78 is 1.64. The summed E-state index contributed by atoms with van der Waals surface area (Å²) in [7, 11) is 1.81. The number of hydrogen-bond donors (Lipinski definition) is 2. The SMILES string of the molecule is Cc1cc(C(=O)N[C@@H]2CCC[C@H](c3nc4ccccc4[nH]3)C2)n(C)n1.Cl. The summed E-state index contributed by atoms with van der Waals surface area (Å²) in [6, 6.07) is 10.1. The summed E-state index contributed by atoms with van der Waals surface area (Å²) in [6.07, 6.45) is 4.13. The van der Waals surface area contributed by atoms with Gasteiger partial charge in [-0.15, -0.1) is 12.4 Å². The molecule has 138 valence electrons. The standard InChI is InChI=1S/C19H23N5O.ClH/c1-12-10-17(24(2)23-12)19(25)20-14-7-5-6-13(11-14)18-21-15-8-3-4-9-16(15)22-18;/h3-4,8-10,13-14H,5-7,11H2,1-2H3,(H,20,25)(H,21,22);1H/t13-,14+;/m0./s1. The van der Waals surface area contributed by atoms with Gasteiger partial charge in [-0.3, -0.25) is 9.48 Å². The van der Waals surface area contributed by atoms with Gasteiger partial charge in [-0.2, -0.15) is 5.10 Å². The quantitative estimate of drug-likeness (QED) is 0.737. The predicted octanol–water partition coefficient (Wildman–Crippen LogP) is 3.48. The van der Waals surface area contributed by atoms with E-state index in [9.17, 15) is 4.79 Å². The Hall–Kier alpha value is -2.34. The van der Waals surface area contributed by atoms with Crippen LogP contribution in [0, 0.1) is 6.92 Å². The van der Waals surface area contributed by atoms with Crippen molar-refractivity contribution < 1.29 is 4.79 Å². The largest absolute Gasteiger partial charge is 0.348 e. The minimum atomic E-state index is -0.0432. The molecular formula is C19H24ClN5O. The van der Waals surface area contributed by atoms with Crippen LogP contribution >= 0.6 is 12.4 Å². The molecule has 2 heterocycles. The van der Waals surface area contributed by atoms with Gasteiger partial charge in [0.05, 0.1) is 16.7 Å². The molecule has 1 aromatic carbocycles. The molecule has 0 radical (unpaired) electrons. The van der Waals surface area contributed by atoms with Crippen molar-refractivity contribution in [3.63, 3.8) is 0 Å². The second-order valence-corrected chi connectivity index (χ2v) is 6.97. The molecule has 0 bridgehead atoms. The number of nitrogens with zero attached hydrogens (tertiary/aromatic N) is 3. The number of benzene rings is 1. The number of aryl methyl sites for hydroxylation is 2. The number of hydrogen-bond acceptors (Lipinski definition) is 3. The van der Waals surface area contributed by atoms with Crippen LogP contribution in [0.5, 0.6) is 0 Å². The van der Waals surface area contributed by atoms with Gasteiger partial charge in [0.1, 0.15) is 11.5 Å². The Balaban J connectivity index is 0.00000196. The van der Waals surface area contributed by atoms with Crippen molar-refractivity contribution in [2.24, 2.45) is 7.05 Å². The van der Waals surface area contributed by atoms with Crippen molar-refractivity contribution in [3.05, 3.63) is 47.5 Å². The molecule has 3 aromatic rings. The lowest BCUT2D eigenvalue weighted by atomic mass is 9.85. The number of aromatic nitrogens is 4. The number of aromatic amines is 1. The Bertz CT molecular complexity index is 883. The van der Waals surface area contributed by atoms with Crippen LogP contribution in [0.4, 0.5) is 0 Å². The molecule has 1 amide bonds. The number of carbonyl (C=O) groups excluding carboxylic acids is 1. The number of nitrogens with one attached hydrogen (secondary N) is 2. The van der Waals surface area contributed by atoms with Crippen LogP contribution in [-0.4, -0.2) is 31.7 Å². The average molecular weight is 374 g/mol. The molecule has 26 heavy (non-hydrogen) atoms. The lowest BCUT2D eigenvalue weighted by molar-refractivity contribution is 0.0915. The Morgan fingerprint density at radius 3 is 2.85 bits per heavy atom. The molecule has 6 nitrogen and oxygen atoms in total. The van der Waals surface area contributed by atoms with E-state index in [0.29, 0.717) is 11.6 Å². The molecule has 1 aliphatic carbocycles. The first-order valence-electron chi connectivity index (χ1n) is 8.86. The lowest BCUT2D eigenvalue weighted by Gasteiger charge is -2.28. The maximum Gasteiger partial charge on any atom is 0.269 e. The van der Waals surface area contributed by atoms with Crippen LogP contribution in [0.15, 0.2) is 30.3 Å². The number of amides is 1. The molecule has 0 spiro atoms. The van der Waals surface area contributed by atoms with Crippen LogP contribution in [0.25, 0.3) is 11.0 Å². The van der Waals surface area contributed by atoms with Crippen LogP contribution in [0.3, 0.4) is 0 Å². The van der Waals surface area contributed by atoms with E-state index >= 15 is 0 Å². The number of rotatable bonds is 3. The Kier molecular flexibility index (Phi) is 5.32. The van der Waals surface area contributed by atoms with Crippen molar-refractivity contribution in [3.8, 4) is 0 Å². The molecule has 2 N–H and O–H groups in total. The topological polar surface area (TPSA) is 75.6 Å². The molecule has 0 aliphatic heterocycles. The minimum absolute atomic E-state index is 0. The first kappa shape index (κ1) is 18.5. The molecule has 1 fully saturated rings. The van der Waals surface area contributed by atoms with Crippen molar-refractivity contribution in [1.29, 1.82) is 0 Å². The Morgan fingerprint density at radius 1 is 1.31 bits per heavy atom. The van der Waals surface area contributed by atoms with Crippen molar-refractivity contribution in [2.75, 3.05) is 0 Å².